The molecule has 128 valence electrons. The molecular formula is C18H22N2O4. The molecule has 0 saturated heterocycles. The monoisotopic (exact) mass is 330 g/mol. The van der Waals surface area contributed by atoms with Crippen LogP contribution in [0.15, 0.2) is 29.3 Å². The van der Waals surface area contributed by atoms with Crippen LogP contribution in [0.1, 0.15) is 37.7 Å². The van der Waals surface area contributed by atoms with E-state index in [1.165, 1.54) is 12.1 Å². The third-order valence-electron chi connectivity index (χ3n) is 4.74. The Bertz CT molecular complexity index is 688. The second-order valence-electron chi connectivity index (χ2n) is 6.44. The Morgan fingerprint density at radius 2 is 1.96 bits per heavy atom. The number of hydrogen-bond acceptors (Lipinski definition) is 5. The number of carbonyl (C=O) groups is 1. The van der Waals surface area contributed by atoms with Crippen LogP contribution in [0.4, 0.5) is 0 Å². The Morgan fingerprint density at radius 3 is 2.62 bits per heavy atom. The quantitative estimate of drug-likeness (QED) is 0.682. The number of phenolic OH excluding ortho intramolecular Hbond substituents is 2. The van der Waals surface area contributed by atoms with Crippen molar-refractivity contribution in [2.24, 2.45) is 16.8 Å². The number of nitrogens with zero attached hydrogens (tertiary/aromatic N) is 1. The van der Waals surface area contributed by atoms with E-state index in [0.29, 0.717) is 29.4 Å². The fraction of sp³-hybridized carbons (Fsp3) is 0.444. The van der Waals surface area contributed by atoms with Crippen molar-refractivity contribution in [3.8, 4) is 11.5 Å². The molecular weight excluding hydrogens is 308 g/mol. The first-order valence-electron chi connectivity index (χ1n) is 8.28. The van der Waals surface area contributed by atoms with Gasteiger partial charge in [-0.1, -0.05) is 6.08 Å². The van der Waals surface area contributed by atoms with Crippen LogP contribution in [-0.4, -0.2) is 33.7 Å². The van der Waals surface area contributed by atoms with Crippen molar-refractivity contribution >= 4 is 17.4 Å². The van der Waals surface area contributed by atoms with Crippen molar-refractivity contribution in [1.29, 1.82) is 0 Å². The summed E-state index contributed by atoms with van der Waals surface area (Å²) in [7, 11) is 0. The van der Waals surface area contributed by atoms with Gasteiger partial charge in [-0.2, -0.15) is 0 Å². The number of aromatic hydroxyl groups is 2. The van der Waals surface area contributed by atoms with Crippen LogP contribution in [0, 0.1) is 11.8 Å². The molecule has 1 saturated carbocycles. The largest absolute Gasteiger partial charge is 0.508 e. The summed E-state index contributed by atoms with van der Waals surface area (Å²) in [6.45, 7) is 0.199. The molecule has 6 heteroatoms. The number of nitrogens with one attached hydrogen (secondary N) is 1. The van der Waals surface area contributed by atoms with Crippen LogP contribution in [0.3, 0.4) is 0 Å². The van der Waals surface area contributed by atoms with E-state index in [0.717, 1.165) is 25.7 Å². The van der Waals surface area contributed by atoms with Gasteiger partial charge in [0.2, 0.25) is 5.91 Å². The van der Waals surface area contributed by atoms with Gasteiger partial charge in [-0.05, 0) is 43.7 Å². The standard InChI is InChI=1S/C18H22N2O4/c21-10-11-1-3-12(4-2-11)18(24)20-17-8-7-15(19-17)14-6-5-13(22)9-16(14)23/h5-7,9,11-12,21-23H,1-4,8,10H2,(H,19,20,24). The molecule has 2 aliphatic rings. The third-order valence-corrected chi connectivity index (χ3v) is 4.74. The predicted molar refractivity (Wildman–Crippen MR) is 90.5 cm³/mol. The van der Waals surface area contributed by atoms with E-state index in [9.17, 15) is 15.0 Å². The number of amides is 1. The maximum absolute atomic E-state index is 12.3. The second-order valence-corrected chi connectivity index (χ2v) is 6.44. The number of aliphatic imine (C=N–C) groups is 1. The summed E-state index contributed by atoms with van der Waals surface area (Å²) in [5.41, 5.74) is 1.12. The molecule has 1 heterocycles. The number of carbonyl (C=O) groups excluding carboxylic acids is 1. The summed E-state index contributed by atoms with van der Waals surface area (Å²) in [6, 6.07) is 4.35. The molecule has 1 fully saturated rings. The minimum absolute atomic E-state index is 0.00849. The van der Waals surface area contributed by atoms with Gasteiger partial charge in [-0.25, -0.2) is 4.99 Å². The number of amidine groups is 1. The Balaban J connectivity index is 1.60. The van der Waals surface area contributed by atoms with Gasteiger partial charge >= 0.3 is 0 Å². The minimum Gasteiger partial charge on any atom is -0.508 e. The summed E-state index contributed by atoms with van der Waals surface area (Å²) < 4.78 is 0. The number of hydrogen-bond donors (Lipinski definition) is 4. The lowest BCUT2D eigenvalue weighted by Gasteiger charge is -2.26. The van der Waals surface area contributed by atoms with E-state index in [1.807, 2.05) is 6.08 Å². The number of aliphatic hydroxyl groups excluding tert-OH is 1. The Morgan fingerprint density at radius 1 is 1.21 bits per heavy atom. The lowest BCUT2D eigenvalue weighted by atomic mass is 9.82. The van der Waals surface area contributed by atoms with E-state index >= 15 is 0 Å². The summed E-state index contributed by atoms with van der Waals surface area (Å²) in [5, 5.41) is 31.3. The normalized spacial score (nSPS) is 23.5. The third kappa shape index (κ3) is 3.59. The molecule has 1 aliphatic heterocycles. The zero-order valence-electron chi connectivity index (χ0n) is 13.4. The van der Waals surface area contributed by atoms with E-state index in [1.54, 1.807) is 6.07 Å². The Hall–Kier alpha value is -2.34. The maximum atomic E-state index is 12.3. The Labute approximate surface area is 140 Å². The summed E-state index contributed by atoms with van der Waals surface area (Å²) in [6.07, 6.45) is 5.70. The number of rotatable bonds is 3. The van der Waals surface area contributed by atoms with Crippen molar-refractivity contribution in [2.45, 2.75) is 32.1 Å². The fourth-order valence-corrected chi connectivity index (χ4v) is 3.27. The first-order valence-corrected chi connectivity index (χ1v) is 8.28. The van der Waals surface area contributed by atoms with E-state index in [2.05, 4.69) is 10.3 Å². The lowest BCUT2D eigenvalue weighted by Crippen LogP contribution is -2.36. The maximum Gasteiger partial charge on any atom is 0.228 e. The van der Waals surface area contributed by atoms with Crippen LogP contribution >= 0.6 is 0 Å². The van der Waals surface area contributed by atoms with Gasteiger partial charge in [0, 0.05) is 30.6 Å². The van der Waals surface area contributed by atoms with Crippen LogP contribution in [0.2, 0.25) is 0 Å². The highest BCUT2D eigenvalue weighted by atomic mass is 16.3. The molecule has 24 heavy (non-hydrogen) atoms. The van der Waals surface area contributed by atoms with Crippen molar-refractivity contribution in [3.63, 3.8) is 0 Å². The molecule has 1 aromatic rings. The predicted octanol–water partition coefficient (Wildman–Crippen LogP) is 2.16. The van der Waals surface area contributed by atoms with Gasteiger partial charge in [0.15, 0.2) is 0 Å². The van der Waals surface area contributed by atoms with E-state index in [4.69, 9.17) is 5.11 Å². The van der Waals surface area contributed by atoms with Gasteiger partial charge < -0.3 is 20.6 Å². The van der Waals surface area contributed by atoms with Gasteiger partial charge in [-0.15, -0.1) is 0 Å². The van der Waals surface area contributed by atoms with Crippen molar-refractivity contribution in [2.75, 3.05) is 6.61 Å². The van der Waals surface area contributed by atoms with Gasteiger partial charge in [0.25, 0.3) is 0 Å². The topological polar surface area (TPSA) is 102 Å². The molecule has 3 rings (SSSR count). The molecule has 0 radical (unpaired) electrons. The molecule has 1 amide bonds. The SMILES string of the molecule is O=C(NC1=NC(c2ccc(O)cc2O)=CC1)C1CCC(CO)CC1. The summed E-state index contributed by atoms with van der Waals surface area (Å²) in [5.74, 6) is 0.803. The molecule has 1 aromatic carbocycles. The highest BCUT2D eigenvalue weighted by Crippen LogP contribution is 2.32. The number of aliphatic hydroxyl groups is 1. The fourth-order valence-electron chi connectivity index (χ4n) is 3.27. The van der Waals surface area contributed by atoms with Crippen LogP contribution in [-0.2, 0) is 4.79 Å². The molecule has 0 atom stereocenters. The smallest absolute Gasteiger partial charge is 0.228 e. The summed E-state index contributed by atoms with van der Waals surface area (Å²) in [4.78, 5) is 16.7. The molecule has 0 spiro atoms. The van der Waals surface area contributed by atoms with Crippen LogP contribution in [0.5, 0.6) is 11.5 Å². The highest BCUT2D eigenvalue weighted by molar-refractivity contribution is 6.04. The average molecular weight is 330 g/mol. The first-order chi connectivity index (χ1) is 11.6. The first kappa shape index (κ1) is 16.5. The van der Waals surface area contributed by atoms with Crippen molar-refractivity contribution in [1.82, 2.24) is 5.32 Å². The molecule has 0 aromatic heterocycles. The van der Waals surface area contributed by atoms with Crippen LogP contribution < -0.4 is 5.32 Å². The summed E-state index contributed by atoms with van der Waals surface area (Å²) >= 11 is 0. The molecule has 0 bridgehead atoms. The zero-order chi connectivity index (χ0) is 17.1. The van der Waals surface area contributed by atoms with Gasteiger partial charge in [0.05, 0.1) is 5.70 Å². The molecule has 1 aliphatic carbocycles. The van der Waals surface area contributed by atoms with Gasteiger partial charge in [-0.3, -0.25) is 4.79 Å². The van der Waals surface area contributed by atoms with Crippen LogP contribution in [0.25, 0.3) is 5.70 Å². The van der Waals surface area contributed by atoms with E-state index in [-0.39, 0.29) is 29.9 Å². The second kappa shape index (κ2) is 7.05. The van der Waals surface area contributed by atoms with Crippen molar-refractivity contribution in [3.05, 3.63) is 29.8 Å². The van der Waals surface area contributed by atoms with Gasteiger partial charge in [0.1, 0.15) is 17.3 Å². The highest BCUT2D eigenvalue weighted by Gasteiger charge is 2.27. The number of phenols is 2. The van der Waals surface area contributed by atoms with Crippen molar-refractivity contribution < 1.29 is 20.1 Å². The zero-order valence-corrected chi connectivity index (χ0v) is 13.4. The average Bonchev–Trinajstić information content (AvgIpc) is 3.03. The number of benzene rings is 1. The lowest BCUT2D eigenvalue weighted by molar-refractivity contribution is -0.124. The van der Waals surface area contributed by atoms with E-state index < -0.39 is 0 Å². The Kier molecular flexibility index (Phi) is 4.85. The minimum atomic E-state index is -0.0418. The molecule has 6 nitrogen and oxygen atoms in total. The molecule has 0 unspecified atom stereocenters. The molecule has 4 N–H and O–H groups in total.